The summed E-state index contributed by atoms with van der Waals surface area (Å²) in [5, 5.41) is 3.30. The Balaban J connectivity index is 2.16. The fourth-order valence-corrected chi connectivity index (χ4v) is 2.91. The summed E-state index contributed by atoms with van der Waals surface area (Å²) in [6.45, 7) is 0.149. The van der Waals surface area contributed by atoms with E-state index in [0.29, 0.717) is 17.1 Å². The molecule has 0 spiro atoms. The van der Waals surface area contributed by atoms with Crippen molar-refractivity contribution in [3.63, 3.8) is 0 Å². The van der Waals surface area contributed by atoms with E-state index in [1.54, 1.807) is 48.8 Å². The molecule has 0 radical (unpaired) electrons. The van der Waals surface area contributed by atoms with Gasteiger partial charge in [0.2, 0.25) is 15.9 Å². The number of sulfonamides is 1. The summed E-state index contributed by atoms with van der Waals surface area (Å²) < 4.78 is 24.8. The van der Waals surface area contributed by atoms with Crippen molar-refractivity contribution in [2.24, 2.45) is 0 Å². The molecule has 0 bridgehead atoms. The van der Waals surface area contributed by atoms with Crippen molar-refractivity contribution in [1.29, 1.82) is 0 Å². The number of anilines is 1. The SMILES string of the molecule is CS(=O)(=O)NCCC(C(=O)Nc1cccnc1)c1cccc(Cl)c1. The van der Waals surface area contributed by atoms with E-state index in [1.165, 1.54) is 0 Å². The highest BCUT2D eigenvalue weighted by atomic mass is 35.5. The molecule has 128 valence electrons. The Morgan fingerprint density at radius 1 is 1.29 bits per heavy atom. The van der Waals surface area contributed by atoms with Crippen LogP contribution in [0.5, 0.6) is 0 Å². The molecule has 2 N–H and O–H groups in total. The van der Waals surface area contributed by atoms with E-state index in [1.807, 2.05) is 0 Å². The Bertz CT molecular complexity index is 797. The van der Waals surface area contributed by atoms with Gasteiger partial charge in [0.1, 0.15) is 0 Å². The standard InChI is InChI=1S/C16H18ClN3O3S/c1-24(22,23)19-9-7-15(12-4-2-5-13(17)10-12)16(21)20-14-6-3-8-18-11-14/h2-6,8,10-11,15,19H,7,9H2,1H3,(H,20,21). The van der Waals surface area contributed by atoms with Gasteiger partial charge in [-0.1, -0.05) is 23.7 Å². The fraction of sp³-hybridized carbons (Fsp3) is 0.250. The highest BCUT2D eigenvalue weighted by Crippen LogP contribution is 2.24. The minimum atomic E-state index is -3.31. The maximum atomic E-state index is 12.6. The van der Waals surface area contributed by atoms with Crippen molar-refractivity contribution < 1.29 is 13.2 Å². The third-order valence-electron chi connectivity index (χ3n) is 3.29. The van der Waals surface area contributed by atoms with Crippen LogP contribution < -0.4 is 10.0 Å². The number of pyridine rings is 1. The van der Waals surface area contributed by atoms with Crippen LogP contribution in [-0.2, 0) is 14.8 Å². The first-order valence-electron chi connectivity index (χ1n) is 7.26. The van der Waals surface area contributed by atoms with Crippen molar-refractivity contribution >= 4 is 33.2 Å². The zero-order valence-electron chi connectivity index (χ0n) is 13.1. The molecular formula is C16H18ClN3O3S. The smallest absolute Gasteiger partial charge is 0.232 e. The molecule has 1 atom stereocenters. The van der Waals surface area contributed by atoms with E-state index in [0.717, 1.165) is 11.8 Å². The van der Waals surface area contributed by atoms with E-state index in [2.05, 4.69) is 15.0 Å². The summed E-state index contributed by atoms with van der Waals surface area (Å²) in [5.74, 6) is -0.793. The number of nitrogens with zero attached hydrogens (tertiary/aromatic N) is 1. The molecule has 2 rings (SSSR count). The van der Waals surface area contributed by atoms with Crippen molar-refractivity contribution in [2.45, 2.75) is 12.3 Å². The number of halogens is 1. The molecule has 1 unspecified atom stereocenters. The third-order valence-corrected chi connectivity index (χ3v) is 4.26. The normalized spacial score (nSPS) is 12.6. The number of carbonyl (C=O) groups is 1. The Labute approximate surface area is 146 Å². The first-order chi connectivity index (χ1) is 11.3. The Morgan fingerprint density at radius 2 is 2.08 bits per heavy atom. The Kier molecular flexibility index (Phi) is 6.30. The number of hydrogen-bond donors (Lipinski definition) is 2. The quantitative estimate of drug-likeness (QED) is 0.786. The van der Waals surface area contributed by atoms with Gasteiger partial charge in [0, 0.05) is 17.8 Å². The Hall–Kier alpha value is -1.96. The van der Waals surface area contributed by atoms with Crippen molar-refractivity contribution in [1.82, 2.24) is 9.71 Å². The van der Waals surface area contributed by atoms with Gasteiger partial charge in [-0.15, -0.1) is 0 Å². The van der Waals surface area contributed by atoms with Crippen molar-refractivity contribution in [3.8, 4) is 0 Å². The molecule has 0 aliphatic carbocycles. The molecule has 0 aliphatic rings. The number of carbonyl (C=O) groups excluding carboxylic acids is 1. The lowest BCUT2D eigenvalue weighted by Crippen LogP contribution is -2.28. The molecular weight excluding hydrogens is 350 g/mol. The van der Waals surface area contributed by atoms with Gasteiger partial charge in [-0.3, -0.25) is 9.78 Å². The molecule has 0 saturated heterocycles. The molecule has 0 aliphatic heterocycles. The molecule has 0 fully saturated rings. The monoisotopic (exact) mass is 367 g/mol. The second-order valence-corrected chi connectivity index (χ2v) is 7.56. The largest absolute Gasteiger partial charge is 0.324 e. The van der Waals surface area contributed by atoms with Crippen molar-refractivity contribution in [3.05, 3.63) is 59.4 Å². The van der Waals surface area contributed by atoms with Crippen LogP contribution in [0.4, 0.5) is 5.69 Å². The van der Waals surface area contributed by atoms with Crippen LogP contribution in [0.1, 0.15) is 17.9 Å². The van der Waals surface area contributed by atoms with Gasteiger partial charge in [0.25, 0.3) is 0 Å². The predicted octanol–water partition coefficient (Wildman–Crippen LogP) is 2.40. The minimum Gasteiger partial charge on any atom is -0.324 e. The second kappa shape index (κ2) is 8.23. The topological polar surface area (TPSA) is 88.2 Å². The van der Waals surface area contributed by atoms with Crippen LogP contribution in [-0.4, -0.2) is 32.1 Å². The maximum Gasteiger partial charge on any atom is 0.232 e. The van der Waals surface area contributed by atoms with Crippen LogP contribution in [0, 0.1) is 0 Å². The summed E-state index contributed by atoms with van der Waals surface area (Å²) in [6.07, 6.45) is 4.54. The average molecular weight is 368 g/mol. The lowest BCUT2D eigenvalue weighted by molar-refractivity contribution is -0.117. The molecule has 1 amide bonds. The van der Waals surface area contributed by atoms with E-state index in [-0.39, 0.29) is 12.5 Å². The van der Waals surface area contributed by atoms with Crippen LogP contribution in [0.15, 0.2) is 48.8 Å². The minimum absolute atomic E-state index is 0.149. The summed E-state index contributed by atoms with van der Waals surface area (Å²) >= 11 is 6.01. The van der Waals surface area contributed by atoms with Crippen LogP contribution >= 0.6 is 11.6 Å². The second-order valence-electron chi connectivity index (χ2n) is 5.29. The van der Waals surface area contributed by atoms with E-state index >= 15 is 0 Å². The average Bonchev–Trinajstić information content (AvgIpc) is 2.51. The number of nitrogens with one attached hydrogen (secondary N) is 2. The number of rotatable bonds is 7. The summed E-state index contributed by atoms with van der Waals surface area (Å²) in [5.41, 5.74) is 1.30. The molecule has 1 heterocycles. The lowest BCUT2D eigenvalue weighted by atomic mass is 9.95. The van der Waals surface area contributed by atoms with E-state index < -0.39 is 15.9 Å². The van der Waals surface area contributed by atoms with Crippen LogP contribution in [0.3, 0.4) is 0 Å². The van der Waals surface area contributed by atoms with Gasteiger partial charge in [0.15, 0.2) is 0 Å². The van der Waals surface area contributed by atoms with Crippen LogP contribution in [0.25, 0.3) is 0 Å². The molecule has 6 nitrogen and oxygen atoms in total. The first kappa shape index (κ1) is 18.4. The lowest BCUT2D eigenvalue weighted by Gasteiger charge is -2.17. The predicted molar refractivity (Wildman–Crippen MR) is 94.5 cm³/mol. The molecule has 2 aromatic rings. The molecule has 0 saturated carbocycles. The van der Waals surface area contributed by atoms with Gasteiger partial charge >= 0.3 is 0 Å². The van der Waals surface area contributed by atoms with Gasteiger partial charge < -0.3 is 5.32 Å². The van der Waals surface area contributed by atoms with E-state index in [9.17, 15) is 13.2 Å². The molecule has 24 heavy (non-hydrogen) atoms. The zero-order chi connectivity index (χ0) is 17.6. The molecule has 8 heteroatoms. The maximum absolute atomic E-state index is 12.6. The van der Waals surface area contributed by atoms with Gasteiger partial charge in [0.05, 0.1) is 24.1 Å². The number of amides is 1. The zero-order valence-corrected chi connectivity index (χ0v) is 14.6. The summed E-state index contributed by atoms with van der Waals surface area (Å²) in [7, 11) is -3.31. The van der Waals surface area contributed by atoms with Gasteiger partial charge in [-0.25, -0.2) is 13.1 Å². The van der Waals surface area contributed by atoms with Gasteiger partial charge in [-0.05, 0) is 36.2 Å². The first-order valence-corrected chi connectivity index (χ1v) is 9.53. The highest BCUT2D eigenvalue weighted by molar-refractivity contribution is 7.88. The molecule has 1 aromatic carbocycles. The van der Waals surface area contributed by atoms with Crippen molar-refractivity contribution in [2.75, 3.05) is 18.1 Å². The number of hydrogen-bond acceptors (Lipinski definition) is 4. The third kappa shape index (κ3) is 5.92. The van der Waals surface area contributed by atoms with Crippen LogP contribution in [0.2, 0.25) is 5.02 Å². The number of aromatic nitrogens is 1. The van der Waals surface area contributed by atoms with Gasteiger partial charge in [-0.2, -0.15) is 0 Å². The Morgan fingerprint density at radius 3 is 2.71 bits per heavy atom. The summed E-state index contributed by atoms with van der Waals surface area (Å²) in [4.78, 5) is 16.6. The number of benzene rings is 1. The van der Waals surface area contributed by atoms with E-state index in [4.69, 9.17) is 11.6 Å². The summed E-state index contributed by atoms with van der Waals surface area (Å²) in [6, 6.07) is 10.4. The molecule has 1 aromatic heterocycles. The fourth-order valence-electron chi connectivity index (χ4n) is 2.23. The highest BCUT2D eigenvalue weighted by Gasteiger charge is 2.21.